The summed E-state index contributed by atoms with van der Waals surface area (Å²) in [7, 11) is 1.90. The SMILES string of the molecule is CC(CN(C)c1cccc(C(N)=S)c1)C(N)=O. The van der Waals surface area contributed by atoms with Crippen molar-refractivity contribution in [2.45, 2.75) is 6.92 Å². The third-order valence-corrected chi connectivity index (χ3v) is 2.84. The molecule has 92 valence electrons. The quantitative estimate of drug-likeness (QED) is 0.762. The van der Waals surface area contributed by atoms with Crippen molar-refractivity contribution in [2.75, 3.05) is 18.5 Å². The standard InChI is InChI=1S/C12H17N3OS/c1-8(11(13)16)7-15(2)10-5-3-4-9(6-10)12(14)17/h3-6,8H,7H2,1-2H3,(H2,13,16)(H2,14,17). The van der Waals surface area contributed by atoms with Gasteiger partial charge in [0.25, 0.3) is 0 Å². The lowest BCUT2D eigenvalue weighted by Gasteiger charge is -2.22. The number of carbonyl (C=O) groups excluding carboxylic acids is 1. The van der Waals surface area contributed by atoms with E-state index in [0.717, 1.165) is 11.3 Å². The van der Waals surface area contributed by atoms with Gasteiger partial charge in [0.2, 0.25) is 5.91 Å². The van der Waals surface area contributed by atoms with Crippen LogP contribution < -0.4 is 16.4 Å². The molecule has 0 saturated heterocycles. The first-order valence-corrected chi connectivity index (χ1v) is 5.73. The molecule has 0 radical (unpaired) electrons. The number of rotatable bonds is 5. The van der Waals surface area contributed by atoms with Gasteiger partial charge >= 0.3 is 0 Å². The fraction of sp³-hybridized carbons (Fsp3) is 0.333. The van der Waals surface area contributed by atoms with Crippen LogP contribution in [-0.2, 0) is 4.79 Å². The Morgan fingerprint density at radius 1 is 1.47 bits per heavy atom. The molecule has 1 rings (SSSR count). The van der Waals surface area contributed by atoms with Crippen LogP contribution in [0.2, 0.25) is 0 Å². The monoisotopic (exact) mass is 251 g/mol. The van der Waals surface area contributed by atoms with Crippen LogP contribution in [0, 0.1) is 5.92 Å². The first kappa shape index (κ1) is 13.4. The summed E-state index contributed by atoms with van der Waals surface area (Å²) in [5.74, 6) is -0.504. The molecule has 1 aromatic carbocycles. The van der Waals surface area contributed by atoms with Crippen molar-refractivity contribution >= 4 is 28.8 Å². The first-order chi connectivity index (χ1) is 7.91. The third-order valence-electron chi connectivity index (χ3n) is 2.60. The second-order valence-corrected chi connectivity index (χ2v) is 4.54. The van der Waals surface area contributed by atoms with E-state index in [-0.39, 0.29) is 11.8 Å². The van der Waals surface area contributed by atoms with Crippen LogP contribution in [0.1, 0.15) is 12.5 Å². The number of amides is 1. The molecule has 1 atom stereocenters. The number of hydrogen-bond donors (Lipinski definition) is 2. The Morgan fingerprint density at radius 3 is 2.65 bits per heavy atom. The van der Waals surface area contributed by atoms with E-state index in [0.29, 0.717) is 11.5 Å². The van der Waals surface area contributed by atoms with Crippen LogP contribution in [0.15, 0.2) is 24.3 Å². The molecule has 0 aromatic heterocycles. The molecule has 0 fully saturated rings. The highest BCUT2D eigenvalue weighted by molar-refractivity contribution is 7.80. The van der Waals surface area contributed by atoms with Gasteiger partial charge in [0.15, 0.2) is 0 Å². The molecular weight excluding hydrogens is 234 g/mol. The number of anilines is 1. The Morgan fingerprint density at radius 2 is 2.12 bits per heavy atom. The molecule has 0 aliphatic rings. The molecule has 1 amide bonds. The van der Waals surface area contributed by atoms with Gasteiger partial charge in [0, 0.05) is 24.8 Å². The molecule has 1 aromatic rings. The van der Waals surface area contributed by atoms with Gasteiger partial charge in [-0.1, -0.05) is 31.3 Å². The predicted octanol–water partition coefficient (Wildman–Crippen LogP) is 0.878. The molecule has 0 heterocycles. The number of carbonyl (C=O) groups is 1. The minimum Gasteiger partial charge on any atom is -0.389 e. The third kappa shape index (κ3) is 3.71. The Labute approximate surface area is 107 Å². The molecule has 4 nitrogen and oxygen atoms in total. The van der Waals surface area contributed by atoms with Crippen molar-refractivity contribution in [3.63, 3.8) is 0 Å². The van der Waals surface area contributed by atoms with E-state index in [2.05, 4.69) is 0 Å². The average molecular weight is 251 g/mol. The van der Waals surface area contributed by atoms with E-state index in [9.17, 15) is 4.79 Å². The summed E-state index contributed by atoms with van der Waals surface area (Å²) >= 11 is 4.92. The summed E-state index contributed by atoms with van der Waals surface area (Å²) in [4.78, 5) is 13.3. The Hall–Kier alpha value is -1.62. The van der Waals surface area contributed by atoms with Gasteiger partial charge < -0.3 is 16.4 Å². The lowest BCUT2D eigenvalue weighted by molar-refractivity contribution is -0.121. The fourth-order valence-electron chi connectivity index (χ4n) is 1.50. The lowest BCUT2D eigenvalue weighted by Crippen LogP contribution is -2.32. The summed E-state index contributed by atoms with van der Waals surface area (Å²) < 4.78 is 0. The Kier molecular flexibility index (Phi) is 4.45. The maximum Gasteiger partial charge on any atom is 0.222 e. The van der Waals surface area contributed by atoms with Crippen molar-refractivity contribution in [3.8, 4) is 0 Å². The maximum atomic E-state index is 11.0. The zero-order valence-electron chi connectivity index (χ0n) is 10.0. The van der Waals surface area contributed by atoms with Crippen LogP contribution >= 0.6 is 12.2 Å². The highest BCUT2D eigenvalue weighted by Gasteiger charge is 2.12. The predicted molar refractivity (Wildman–Crippen MR) is 74.0 cm³/mol. The normalized spacial score (nSPS) is 11.9. The van der Waals surface area contributed by atoms with Gasteiger partial charge in [-0.3, -0.25) is 4.79 Å². The van der Waals surface area contributed by atoms with Gasteiger partial charge in [0.05, 0.1) is 5.92 Å². The molecule has 0 spiro atoms. The molecule has 4 N–H and O–H groups in total. The molecular formula is C12H17N3OS. The van der Waals surface area contributed by atoms with Crippen molar-refractivity contribution in [1.82, 2.24) is 0 Å². The largest absolute Gasteiger partial charge is 0.389 e. The lowest BCUT2D eigenvalue weighted by atomic mass is 10.1. The minimum absolute atomic E-state index is 0.200. The van der Waals surface area contributed by atoms with Gasteiger partial charge in [-0.2, -0.15) is 0 Å². The summed E-state index contributed by atoms with van der Waals surface area (Å²) in [6.45, 7) is 2.37. The van der Waals surface area contributed by atoms with E-state index in [4.69, 9.17) is 23.7 Å². The highest BCUT2D eigenvalue weighted by atomic mass is 32.1. The van der Waals surface area contributed by atoms with Crippen molar-refractivity contribution in [1.29, 1.82) is 0 Å². The van der Waals surface area contributed by atoms with E-state index in [1.165, 1.54) is 0 Å². The van der Waals surface area contributed by atoms with Crippen LogP contribution in [-0.4, -0.2) is 24.5 Å². The molecule has 1 unspecified atom stereocenters. The minimum atomic E-state index is -0.303. The highest BCUT2D eigenvalue weighted by Crippen LogP contribution is 2.16. The van der Waals surface area contributed by atoms with E-state index in [1.807, 2.05) is 36.2 Å². The molecule has 0 bridgehead atoms. The summed E-state index contributed by atoms with van der Waals surface area (Å²) in [5.41, 5.74) is 12.6. The average Bonchev–Trinajstić information content (AvgIpc) is 2.28. The number of hydrogen-bond acceptors (Lipinski definition) is 3. The molecule has 5 heteroatoms. The van der Waals surface area contributed by atoms with Crippen molar-refractivity contribution in [3.05, 3.63) is 29.8 Å². The van der Waals surface area contributed by atoms with Crippen molar-refractivity contribution < 1.29 is 4.79 Å². The van der Waals surface area contributed by atoms with Crippen LogP contribution in [0.3, 0.4) is 0 Å². The number of benzene rings is 1. The fourth-order valence-corrected chi connectivity index (χ4v) is 1.63. The number of nitrogens with zero attached hydrogens (tertiary/aromatic N) is 1. The number of primary amides is 1. The van der Waals surface area contributed by atoms with E-state index in [1.54, 1.807) is 6.92 Å². The topological polar surface area (TPSA) is 72.3 Å². The van der Waals surface area contributed by atoms with Crippen LogP contribution in [0.25, 0.3) is 0 Å². The van der Waals surface area contributed by atoms with Gasteiger partial charge in [-0.25, -0.2) is 0 Å². The molecule has 17 heavy (non-hydrogen) atoms. The van der Waals surface area contributed by atoms with Crippen LogP contribution in [0.5, 0.6) is 0 Å². The maximum absolute atomic E-state index is 11.0. The Balaban J connectivity index is 2.82. The van der Waals surface area contributed by atoms with Gasteiger partial charge in [-0.15, -0.1) is 0 Å². The molecule has 0 aliphatic heterocycles. The summed E-state index contributed by atoms with van der Waals surface area (Å²) in [6.07, 6.45) is 0. The van der Waals surface area contributed by atoms with E-state index >= 15 is 0 Å². The number of nitrogens with two attached hydrogens (primary N) is 2. The molecule has 0 aliphatic carbocycles. The smallest absolute Gasteiger partial charge is 0.222 e. The van der Waals surface area contributed by atoms with Crippen molar-refractivity contribution in [2.24, 2.45) is 17.4 Å². The zero-order valence-corrected chi connectivity index (χ0v) is 10.8. The Bertz CT molecular complexity index is 434. The zero-order chi connectivity index (χ0) is 13.0. The second-order valence-electron chi connectivity index (χ2n) is 4.10. The van der Waals surface area contributed by atoms with Gasteiger partial charge in [0.1, 0.15) is 4.99 Å². The number of thiocarbonyl (C=S) groups is 1. The second kappa shape index (κ2) is 5.63. The molecule has 0 saturated carbocycles. The summed E-state index contributed by atoms with van der Waals surface area (Å²) in [5, 5.41) is 0. The van der Waals surface area contributed by atoms with Crippen LogP contribution in [0.4, 0.5) is 5.69 Å². The summed E-state index contributed by atoms with van der Waals surface area (Å²) in [6, 6.07) is 7.58. The first-order valence-electron chi connectivity index (χ1n) is 5.32. The van der Waals surface area contributed by atoms with Gasteiger partial charge in [-0.05, 0) is 12.1 Å². The van der Waals surface area contributed by atoms with E-state index < -0.39 is 0 Å².